The molecule has 37 heavy (non-hydrogen) atoms. The van der Waals surface area contributed by atoms with E-state index in [0.717, 1.165) is 22.8 Å². The Morgan fingerprint density at radius 1 is 1.08 bits per heavy atom. The van der Waals surface area contributed by atoms with Crippen LogP contribution in [-0.4, -0.2) is 35.9 Å². The van der Waals surface area contributed by atoms with Gasteiger partial charge in [0.05, 0.1) is 16.5 Å². The molecule has 3 heterocycles. The Balaban J connectivity index is 1.78. The number of para-hydroxylation sites is 1. The molecule has 186 valence electrons. The Morgan fingerprint density at radius 3 is 2.51 bits per heavy atom. The van der Waals surface area contributed by atoms with E-state index in [9.17, 15) is 22.6 Å². The van der Waals surface area contributed by atoms with Gasteiger partial charge in [-0.2, -0.15) is 0 Å². The summed E-state index contributed by atoms with van der Waals surface area (Å²) in [6.45, 7) is 1.79. The number of thiazole rings is 1. The molecule has 0 aliphatic heterocycles. The number of aromatic nitrogens is 4. The Hall–Kier alpha value is -4.16. The summed E-state index contributed by atoms with van der Waals surface area (Å²) in [4.78, 5) is 38.5. The zero-order valence-electron chi connectivity index (χ0n) is 19.4. The van der Waals surface area contributed by atoms with Gasteiger partial charge < -0.3 is 0 Å². The van der Waals surface area contributed by atoms with E-state index in [1.54, 1.807) is 36.7 Å². The summed E-state index contributed by atoms with van der Waals surface area (Å²) in [6, 6.07) is 10.8. The van der Waals surface area contributed by atoms with Gasteiger partial charge in [0.25, 0.3) is 11.5 Å². The molecule has 0 bridgehead atoms. The van der Waals surface area contributed by atoms with Crippen LogP contribution in [0.3, 0.4) is 0 Å². The molecule has 0 aliphatic rings. The summed E-state index contributed by atoms with van der Waals surface area (Å²) in [5, 5.41) is 5.00. The molecule has 8 nitrogen and oxygen atoms in total. The number of hydrogen-bond acceptors (Lipinski definition) is 7. The highest BCUT2D eigenvalue weighted by Gasteiger charge is 2.21. The summed E-state index contributed by atoms with van der Waals surface area (Å²) in [5.41, 5.74) is 0.297. The Labute approximate surface area is 215 Å². The zero-order chi connectivity index (χ0) is 26.3. The summed E-state index contributed by atoms with van der Waals surface area (Å²) >= 11 is 1.27. The lowest BCUT2D eigenvalue weighted by Crippen LogP contribution is -2.21. The first kappa shape index (κ1) is 24.5. The van der Waals surface area contributed by atoms with Crippen LogP contribution in [0.15, 0.2) is 70.1 Å². The fourth-order valence-electron chi connectivity index (χ4n) is 3.82. The number of carbonyl (C=O) groups is 1. The Bertz CT molecular complexity index is 1750. The maximum absolute atomic E-state index is 14.7. The van der Waals surface area contributed by atoms with Gasteiger partial charge in [-0.25, -0.2) is 23.7 Å². The van der Waals surface area contributed by atoms with Crippen LogP contribution in [0, 0.1) is 18.6 Å². The quantitative estimate of drug-likeness (QED) is 0.332. The van der Waals surface area contributed by atoms with Crippen molar-refractivity contribution in [2.75, 3.05) is 11.6 Å². The van der Waals surface area contributed by atoms with Gasteiger partial charge in [0.1, 0.15) is 17.3 Å². The summed E-state index contributed by atoms with van der Waals surface area (Å²) in [6.07, 6.45) is 2.92. The molecule has 1 amide bonds. The fourth-order valence-corrected chi connectivity index (χ4v) is 4.78. The van der Waals surface area contributed by atoms with Gasteiger partial charge in [-0.1, -0.05) is 12.1 Å². The average molecular weight is 538 g/mol. The van der Waals surface area contributed by atoms with Crippen LogP contribution in [0.2, 0.25) is 0 Å². The standard InChI is InChI=1S/C25H17F2N5O3S2/c1-13-6-7-14(23(34)31-24-28-10-11-36-24)12-16(13)20-15-8-9-19(33)32(21-17(26)4-3-5-18(21)27)22(15)30-25(29-20)37(2)35/h3-12H,1-2H3,(H,28,31,34). The van der Waals surface area contributed by atoms with E-state index in [1.807, 2.05) is 0 Å². The smallest absolute Gasteiger partial charge is 0.257 e. The number of nitrogens with zero attached hydrogens (tertiary/aromatic N) is 4. The van der Waals surface area contributed by atoms with Crippen molar-refractivity contribution in [1.82, 2.24) is 19.5 Å². The largest absolute Gasteiger partial charge is 0.298 e. The van der Waals surface area contributed by atoms with Crippen LogP contribution in [0.25, 0.3) is 28.0 Å². The molecular formula is C25H17F2N5O3S2. The van der Waals surface area contributed by atoms with Crippen LogP contribution in [0.4, 0.5) is 13.9 Å². The molecule has 5 aromatic rings. The minimum atomic E-state index is -1.70. The third-order valence-electron chi connectivity index (χ3n) is 5.56. The van der Waals surface area contributed by atoms with Crippen LogP contribution in [0.5, 0.6) is 0 Å². The van der Waals surface area contributed by atoms with Crippen molar-refractivity contribution in [3.63, 3.8) is 0 Å². The van der Waals surface area contributed by atoms with Crippen molar-refractivity contribution in [3.8, 4) is 16.9 Å². The van der Waals surface area contributed by atoms with Crippen LogP contribution in [0.1, 0.15) is 15.9 Å². The zero-order valence-corrected chi connectivity index (χ0v) is 21.0. The fraction of sp³-hybridized carbons (Fsp3) is 0.0800. The van der Waals surface area contributed by atoms with Crippen LogP contribution < -0.4 is 10.9 Å². The molecule has 12 heteroatoms. The second kappa shape index (κ2) is 9.71. The van der Waals surface area contributed by atoms with Crippen LogP contribution >= 0.6 is 11.3 Å². The van der Waals surface area contributed by atoms with Gasteiger partial charge in [0.2, 0.25) is 5.16 Å². The van der Waals surface area contributed by atoms with Gasteiger partial charge in [-0.05, 0) is 42.8 Å². The average Bonchev–Trinajstić information content (AvgIpc) is 3.37. The highest BCUT2D eigenvalue weighted by Crippen LogP contribution is 2.31. The predicted molar refractivity (Wildman–Crippen MR) is 138 cm³/mol. The third-order valence-corrected chi connectivity index (χ3v) is 6.94. The predicted octanol–water partition coefficient (Wildman–Crippen LogP) is 4.48. The van der Waals surface area contributed by atoms with E-state index in [1.165, 1.54) is 29.7 Å². The van der Waals surface area contributed by atoms with Gasteiger partial charge >= 0.3 is 0 Å². The van der Waals surface area contributed by atoms with Crippen molar-refractivity contribution >= 4 is 44.2 Å². The van der Waals surface area contributed by atoms with Crippen molar-refractivity contribution < 1.29 is 17.8 Å². The van der Waals surface area contributed by atoms with Crippen LogP contribution in [-0.2, 0) is 10.8 Å². The van der Waals surface area contributed by atoms with E-state index >= 15 is 0 Å². The number of fused-ring (bicyclic) bond motifs is 1. The molecule has 5 rings (SSSR count). The first-order chi connectivity index (χ1) is 17.7. The maximum atomic E-state index is 14.7. The molecule has 1 atom stereocenters. The minimum absolute atomic E-state index is 0.122. The number of amides is 1. The first-order valence-electron chi connectivity index (χ1n) is 10.8. The van der Waals surface area contributed by atoms with Crippen molar-refractivity contribution in [2.45, 2.75) is 12.1 Å². The maximum Gasteiger partial charge on any atom is 0.257 e. The third kappa shape index (κ3) is 4.56. The van der Waals surface area contributed by atoms with E-state index in [4.69, 9.17) is 0 Å². The van der Waals surface area contributed by atoms with Crippen molar-refractivity contribution in [2.24, 2.45) is 0 Å². The lowest BCUT2D eigenvalue weighted by molar-refractivity contribution is 0.102. The second-order valence-electron chi connectivity index (χ2n) is 7.94. The molecule has 0 fully saturated rings. The summed E-state index contributed by atoms with van der Waals surface area (Å²) < 4.78 is 42.7. The monoisotopic (exact) mass is 537 g/mol. The van der Waals surface area contributed by atoms with Gasteiger partial charge in [-0.15, -0.1) is 11.3 Å². The number of halogens is 2. The number of rotatable bonds is 5. The molecule has 0 saturated carbocycles. The highest BCUT2D eigenvalue weighted by molar-refractivity contribution is 7.84. The second-order valence-corrected chi connectivity index (χ2v) is 10.1. The highest BCUT2D eigenvalue weighted by atomic mass is 32.2. The SMILES string of the molecule is Cc1ccc(C(=O)Nc2nccs2)cc1-c1nc(S(C)=O)nc2c1ccc(=O)n2-c1c(F)cccc1F. The molecule has 0 aliphatic carbocycles. The molecule has 3 aromatic heterocycles. The summed E-state index contributed by atoms with van der Waals surface area (Å²) in [7, 11) is -1.70. The molecule has 0 saturated heterocycles. The molecule has 0 spiro atoms. The Kier molecular flexibility index (Phi) is 6.44. The van der Waals surface area contributed by atoms with E-state index < -0.39 is 39.6 Å². The minimum Gasteiger partial charge on any atom is -0.298 e. The number of benzene rings is 2. The van der Waals surface area contributed by atoms with E-state index in [-0.39, 0.29) is 21.9 Å². The number of anilines is 1. The number of pyridine rings is 1. The lowest BCUT2D eigenvalue weighted by atomic mass is 9.99. The Morgan fingerprint density at radius 2 is 1.84 bits per heavy atom. The van der Waals surface area contributed by atoms with Crippen molar-refractivity contribution in [1.29, 1.82) is 0 Å². The molecule has 2 aromatic carbocycles. The van der Waals surface area contributed by atoms with Gasteiger partial charge in [-0.3, -0.25) is 23.7 Å². The van der Waals surface area contributed by atoms with Gasteiger partial charge in [0, 0.05) is 40.4 Å². The molecular weight excluding hydrogens is 520 g/mol. The number of aryl methyl sites for hydroxylation is 1. The number of hydrogen-bond donors (Lipinski definition) is 1. The molecule has 1 unspecified atom stereocenters. The number of carbonyl (C=O) groups excluding carboxylic acids is 1. The van der Waals surface area contributed by atoms with E-state index in [0.29, 0.717) is 21.8 Å². The lowest BCUT2D eigenvalue weighted by Gasteiger charge is -2.15. The molecule has 0 radical (unpaired) electrons. The normalized spacial score (nSPS) is 12.0. The van der Waals surface area contributed by atoms with Gasteiger partial charge in [0.15, 0.2) is 10.8 Å². The topological polar surface area (TPSA) is 107 Å². The number of nitrogens with one attached hydrogen (secondary N) is 1. The summed E-state index contributed by atoms with van der Waals surface area (Å²) in [5.74, 6) is -2.34. The first-order valence-corrected chi connectivity index (χ1v) is 13.2. The van der Waals surface area contributed by atoms with Crippen molar-refractivity contribution in [3.05, 3.63) is 93.2 Å². The molecule has 1 N–H and O–H groups in total. The van der Waals surface area contributed by atoms with E-state index in [2.05, 4.69) is 20.3 Å².